The topological polar surface area (TPSA) is 98.2 Å². The Morgan fingerprint density at radius 1 is 1.77 bits per heavy atom. The van der Waals surface area contributed by atoms with Crippen LogP contribution in [0.1, 0.15) is 6.92 Å². The largest absolute Gasteiger partial charge is 0.392 e. The molecular formula is C6H11N3O3S. The number of aromatic nitrogens is 2. The summed E-state index contributed by atoms with van der Waals surface area (Å²) in [7, 11) is -3.73. The quantitative estimate of drug-likeness (QED) is 0.655. The number of imidazole rings is 1. The van der Waals surface area contributed by atoms with E-state index in [4.69, 9.17) is 10.2 Å². The van der Waals surface area contributed by atoms with Gasteiger partial charge in [-0.2, -0.15) is 0 Å². The van der Waals surface area contributed by atoms with Crippen molar-refractivity contribution in [3.63, 3.8) is 0 Å². The minimum atomic E-state index is -3.73. The first-order valence-corrected chi connectivity index (χ1v) is 5.17. The van der Waals surface area contributed by atoms with Gasteiger partial charge in [-0.3, -0.25) is 0 Å². The Bertz CT molecular complexity index is 382. The molecule has 0 saturated heterocycles. The normalized spacial score (nSPS) is 14.4. The molecule has 0 amide bonds. The summed E-state index contributed by atoms with van der Waals surface area (Å²) in [5.74, 6) is 0. The number of aliphatic hydroxyl groups is 1. The Balaban J connectivity index is 2.88. The maximum absolute atomic E-state index is 10.8. The van der Waals surface area contributed by atoms with E-state index in [0.717, 1.165) is 0 Å². The minimum Gasteiger partial charge on any atom is -0.392 e. The first-order valence-electron chi connectivity index (χ1n) is 3.62. The SMILES string of the molecule is C[C@H](O)Cn1cnc(S(N)(=O)=O)c1. The first-order chi connectivity index (χ1) is 5.89. The Morgan fingerprint density at radius 3 is 2.77 bits per heavy atom. The molecule has 0 radical (unpaired) electrons. The molecule has 1 aromatic heterocycles. The van der Waals surface area contributed by atoms with Crippen LogP contribution in [-0.4, -0.2) is 29.2 Å². The van der Waals surface area contributed by atoms with Gasteiger partial charge in [0.2, 0.25) is 0 Å². The van der Waals surface area contributed by atoms with E-state index in [1.807, 2.05) is 0 Å². The van der Waals surface area contributed by atoms with Crippen molar-refractivity contribution < 1.29 is 13.5 Å². The number of primary sulfonamides is 1. The molecule has 0 aromatic carbocycles. The van der Waals surface area contributed by atoms with Crippen LogP contribution in [0.3, 0.4) is 0 Å². The molecule has 0 fully saturated rings. The molecule has 0 spiro atoms. The van der Waals surface area contributed by atoms with Crippen molar-refractivity contribution in [2.75, 3.05) is 0 Å². The summed E-state index contributed by atoms with van der Waals surface area (Å²) >= 11 is 0. The van der Waals surface area contributed by atoms with Crippen molar-refractivity contribution in [1.82, 2.24) is 9.55 Å². The molecule has 0 aliphatic carbocycles. The fourth-order valence-corrected chi connectivity index (χ4v) is 1.37. The van der Waals surface area contributed by atoms with Crippen LogP contribution in [0.5, 0.6) is 0 Å². The van der Waals surface area contributed by atoms with E-state index in [1.54, 1.807) is 6.92 Å². The predicted octanol–water partition coefficient (Wildman–Crippen LogP) is -1.09. The van der Waals surface area contributed by atoms with Gasteiger partial charge in [-0.25, -0.2) is 18.5 Å². The lowest BCUT2D eigenvalue weighted by Gasteiger charge is -2.02. The number of nitrogens with zero attached hydrogens (tertiary/aromatic N) is 2. The lowest BCUT2D eigenvalue weighted by atomic mass is 10.4. The van der Waals surface area contributed by atoms with Crippen molar-refractivity contribution in [1.29, 1.82) is 0 Å². The molecule has 0 bridgehead atoms. The zero-order chi connectivity index (χ0) is 10.1. The van der Waals surface area contributed by atoms with E-state index >= 15 is 0 Å². The van der Waals surface area contributed by atoms with Gasteiger partial charge in [0, 0.05) is 12.7 Å². The van der Waals surface area contributed by atoms with Crippen LogP contribution in [-0.2, 0) is 16.6 Å². The van der Waals surface area contributed by atoms with E-state index in [1.165, 1.54) is 17.1 Å². The maximum Gasteiger partial charge on any atom is 0.257 e. The fraction of sp³-hybridized carbons (Fsp3) is 0.500. The second-order valence-electron chi connectivity index (χ2n) is 2.80. The second-order valence-corrected chi connectivity index (χ2v) is 4.31. The van der Waals surface area contributed by atoms with Gasteiger partial charge in [0.15, 0.2) is 5.03 Å². The zero-order valence-electron chi connectivity index (χ0n) is 7.08. The summed E-state index contributed by atoms with van der Waals surface area (Å²) in [6.07, 6.45) is 2.04. The van der Waals surface area contributed by atoms with Gasteiger partial charge in [0.05, 0.1) is 12.4 Å². The molecule has 1 aromatic rings. The van der Waals surface area contributed by atoms with Crippen LogP contribution in [0.25, 0.3) is 0 Å². The van der Waals surface area contributed by atoms with E-state index < -0.39 is 16.1 Å². The summed E-state index contributed by atoms with van der Waals surface area (Å²) in [5, 5.41) is 13.6. The van der Waals surface area contributed by atoms with Crippen molar-refractivity contribution in [3.8, 4) is 0 Å². The van der Waals surface area contributed by atoms with Crippen LogP contribution in [0.15, 0.2) is 17.6 Å². The maximum atomic E-state index is 10.8. The number of rotatable bonds is 3. The standard InChI is InChI=1S/C6H11N3O3S/c1-5(10)2-9-3-6(8-4-9)13(7,11)12/h3-5,10H,2H2,1H3,(H2,7,11,12)/t5-/m0/s1. The summed E-state index contributed by atoms with van der Waals surface area (Å²) in [5.41, 5.74) is 0. The van der Waals surface area contributed by atoms with Crippen molar-refractivity contribution in [2.24, 2.45) is 5.14 Å². The van der Waals surface area contributed by atoms with E-state index in [9.17, 15) is 8.42 Å². The molecular weight excluding hydrogens is 194 g/mol. The van der Waals surface area contributed by atoms with Gasteiger partial charge in [0.1, 0.15) is 0 Å². The van der Waals surface area contributed by atoms with Gasteiger partial charge in [-0.05, 0) is 6.92 Å². The van der Waals surface area contributed by atoms with Crippen LogP contribution >= 0.6 is 0 Å². The number of sulfonamides is 1. The zero-order valence-corrected chi connectivity index (χ0v) is 7.90. The van der Waals surface area contributed by atoms with Crippen molar-refractivity contribution in [2.45, 2.75) is 24.6 Å². The molecule has 1 atom stereocenters. The highest BCUT2D eigenvalue weighted by molar-refractivity contribution is 7.89. The van der Waals surface area contributed by atoms with E-state index in [2.05, 4.69) is 4.98 Å². The third kappa shape index (κ3) is 2.79. The summed E-state index contributed by atoms with van der Waals surface area (Å²) in [6, 6.07) is 0. The van der Waals surface area contributed by atoms with E-state index in [0.29, 0.717) is 6.54 Å². The third-order valence-corrected chi connectivity index (χ3v) is 2.17. The monoisotopic (exact) mass is 205 g/mol. The number of hydrogen-bond acceptors (Lipinski definition) is 4. The average molecular weight is 205 g/mol. The van der Waals surface area contributed by atoms with Gasteiger partial charge >= 0.3 is 0 Å². The van der Waals surface area contributed by atoms with Crippen molar-refractivity contribution >= 4 is 10.0 Å². The fourth-order valence-electron chi connectivity index (χ4n) is 0.891. The number of nitrogens with two attached hydrogens (primary N) is 1. The highest BCUT2D eigenvalue weighted by Crippen LogP contribution is 2.02. The molecule has 7 heteroatoms. The average Bonchev–Trinajstić information content (AvgIpc) is 2.32. The molecule has 6 nitrogen and oxygen atoms in total. The van der Waals surface area contributed by atoms with Crippen molar-refractivity contribution in [3.05, 3.63) is 12.5 Å². The number of hydrogen-bond donors (Lipinski definition) is 2. The Morgan fingerprint density at radius 2 is 2.38 bits per heavy atom. The lowest BCUT2D eigenvalue weighted by molar-refractivity contribution is 0.173. The molecule has 0 unspecified atom stereocenters. The molecule has 3 N–H and O–H groups in total. The molecule has 13 heavy (non-hydrogen) atoms. The Hall–Kier alpha value is -0.920. The molecule has 0 aliphatic heterocycles. The lowest BCUT2D eigenvalue weighted by Crippen LogP contribution is -2.13. The van der Waals surface area contributed by atoms with Gasteiger partial charge in [-0.1, -0.05) is 0 Å². The van der Waals surface area contributed by atoms with Crippen LogP contribution in [0, 0.1) is 0 Å². The predicted molar refractivity (Wildman–Crippen MR) is 45.3 cm³/mol. The first kappa shape index (κ1) is 10.2. The van der Waals surface area contributed by atoms with Gasteiger partial charge in [-0.15, -0.1) is 0 Å². The van der Waals surface area contributed by atoms with Crippen LogP contribution in [0.4, 0.5) is 0 Å². The van der Waals surface area contributed by atoms with Crippen LogP contribution in [0.2, 0.25) is 0 Å². The summed E-state index contributed by atoms with van der Waals surface area (Å²) in [4.78, 5) is 3.58. The Labute approximate surface area is 76.1 Å². The molecule has 1 rings (SSSR count). The van der Waals surface area contributed by atoms with Gasteiger partial charge in [0.25, 0.3) is 10.0 Å². The second kappa shape index (κ2) is 3.44. The number of aliphatic hydroxyl groups excluding tert-OH is 1. The smallest absolute Gasteiger partial charge is 0.257 e. The molecule has 0 aliphatic rings. The van der Waals surface area contributed by atoms with Gasteiger partial charge < -0.3 is 9.67 Å². The summed E-state index contributed by atoms with van der Waals surface area (Å²) < 4.78 is 23.0. The summed E-state index contributed by atoms with van der Waals surface area (Å²) in [6.45, 7) is 1.89. The Kier molecular flexibility index (Phi) is 2.69. The molecule has 74 valence electrons. The highest BCUT2D eigenvalue weighted by atomic mass is 32.2. The molecule has 1 heterocycles. The van der Waals surface area contributed by atoms with Crippen LogP contribution < -0.4 is 5.14 Å². The molecule has 0 saturated carbocycles. The highest BCUT2D eigenvalue weighted by Gasteiger charge is 2.11. The van der Waals surface area contributed by atoms with E-state index in [-0.39, 0.29) is 5.03 Å². The third-order valence-electron chi connectivity index (χ3n) is 1.38. The minimum absolute atomic E-state index is 0.187.